The van der Waals surface area contributed by atoms with Gasteiger partial charge in [-0.3, -0.25) is 4.79 Å². The summed E-state index contributed by atoms with van der Waals surface area (Å²) in [5, 5.41) is 3.38. The van der Waals surface area contributed by atoms with Gasteiger partial charge in [0.2, 0.25) is 0 Å². The van der Waals surface area contributed by atoms with Crippen molar-refractivity contribution in [3.8, 4) is 11.4 Å². The number of methoxy groups -OCH3 is 1. The molecule has 0 spiro atoms. The number of ether oxygens (including phenoxy) is 1. The van der Waals surface area contributed by atoms with Crippen molar-refractivity contribution in [2.45, 2.75) is 6.18 Å². The van der Waals surface area contributed by atoms with Gasteiger partial charge < -0.3 is 10.5 Å². The molecule has 0 saturated carbocycles. The minimum absolute atomic E-state index is 0.351. The summed E-state index contributed by atoms with van der Waals surface area (Å²) in [6.45, 7) is 0. The molecule has 0 aliphatic rings. The van der Waals surface area contributed by atoms with E-state index in [0.29, 0.717) is 11.4 Å². The van der Waals surface area contributed by atoms with Crippen LogP contribution in [-0.2, 0) is 6.18 Å². The molecule has 0 aliphatic carbocycles. The van der Waals surface area contributed by atoms with Crippen molar-refractivity contribution in [3.63, 3.8) is 0 Å². The average molecular weight is 285 g/mol. The number of aromatic nitrogens is 2. The number of hydrogen-bond acceptors (Lipinski definition) is 3. The van der Waals surface area contributed by atoms with E-state index in [9.17, 15) is 18.0 Å². The van der Waals surface area contributed by atoms with Gasteiger partial charge in [0.1, 0.15) is 5.75 Å². The van der Waals surface area contributed by atoms with Crippen molar-refractivity contribution in [1.82, 2.24) is 9.78 Å². The molecule has 0 fully saturated rings. The Balaban J connectivity index is 2.50. The fourth-order valence-corrected chi connectivity index (χ4v) is 1.63. The molecule has 2 N–H and O–H groups in total. The van der Waals surface area contributed by atoms with Gasteiger partial charge in [0.05, 0.1) is 18.4 Å². The summed E-state index contributed by atoms with van der Waals surface area (Å²) < 4.78 is 44.1. The molecule has 0 aliphatic heterocycles. The summed E-state index contributed by atoms with van der Waals surface area (Å²) in [6, 6.07) is 6.15. The third-order valence-corrected chi connectivity index (χ3v) is 2.59. The van der Waals surface area contributed by atoms with Gasteiger partial charge in [0.25, 0.3) is 5.91 Å². The molecular formula is C12H10F3N3O2. The van der Waals surface area contributed by atoms with Crippen LogP contribution in [0.25, 0.3) is 5.69 Å². The zero-order valence-electron chi connectivity index (χ0n) is 10.3. The van der Waals surface area contributed by atoms with E-state index in [-0.39, 0.29) is 0 Å². The summed E-state index contributed by atoms with van der Waals surface area (Å²) in [4.78, 5) is 11.1. The first-order valence-corrected chi connectivity index (χ1v) is 5.44. The smallest absolute Gasteiger partial charge is 0.435 e. The van der Waals surface area contributed by atoms with Gasteiger partial charge in [0.15, 0.2) is 5.69 Å². The second-order valence-electron chi connectivity index (χ2n) is 3.90. The van der Waals surface area contributed by atoms with E-state index in [2.05, 4.69) is 5.10 Å². The third kappa shape index (κ3) is 2.58. The fraction of sp³-hybridized carbons (Fsp3) is 0.167. The van der Waals surface area contributed by atoms with Crippen molar-refractivity contribution < 1.29 is 22.7 Å². The summed E-state index contributed by atoms with van der Waals surface area (Å²) >= 11 is 0. The molecule has 1 amide bonds. The molecule has 5 nitrogen and oxygen atoms in total. The number of rotatable bonds is 3. The maximum Gasteiger partial charge on any atom is 0.435 e. The Hall–Kier alpha value is -2.51. The molecular weight excluding hydrogens is 275 g/mol. The molecule has 0 bridgehead atoms. The van der Waals surface area contributed by atoms with Crippen LogP contribution < -0.4 is 10.5 Å². The van der Waals surface area contributed by atoms with E-state index in [4.69, 9.17) is 10.5 Å². The van der Waals surface area contributed by atoms with Gasteiger partial charge in [-0.05, 0) is 24.3 Å². The molecule has 106 valence electrons. The number of amides is 1. The molecule has 0 unspecified atom stereocenters. The van der Waals surface area contributed by atoms with Crippen LogP contribution in [-0.4, -0.2) is 22.8 Å². The molecule has 0 saturated heterocycles. The van der Waals surface area contributed by atoms with Gasteiger partial charge in [-0.25, -0.2) is 4.68 Å². The number of nitrogens with two attached hydrogens (primary N) is 1. The monoisotopic (exact) mass is 285 g/mol. The average Bonchev–Trinajstić information content (AvgIpc) is 2.84. The number of carbonyl (C=O) groups is 1. The van der Waals surface area contributed by atoms with Crippen molar-refractivity contribution >= 4 is 5.91 Å². The van der Waals surface area contributed by atoms with E-state index >= 15 is 0 Å². The molecule has 1 heterocycles. The van der Waals surface area contributed by atoms with Crippen LogP contribution >= 0.6 is 0 Å². The molecule has 0 radical (unpaired) electrons. The molecule has 8 heteroatoms. The molecule has 2 aromatic rings. The van der Waals surface area contributed by atoms with Crippen LogP contribution in [0.1, 0.15) is 16.1 Å². The second-order valence-corrected chi connectivity index (χ2v) is 3.90. The zero-order valence-corrected chi connectivity index (χ0v) is 10.3. The second kappa shape index (κ2) is 4.87. The van der Waals surface area contributed by atoms with Crippen LogP contribution in [0.5, 0.6) is 5.75 Å². The Morgan fingerprint density at radius 1 is 1.30 bits per heavy atom. The van der Waals surface area contributed by atoms with E-state index in [1.54, 1.807) is 12.1 Å². The van der Waals surface area contributed by atoms with E-state index in [1.807, 2.05) is 0 Å². The van der Waals surface area contributed by atoms with Gasteiger partial charge in [0, 0.05) is 6.20 Å². The maximum absolute atomic E-state index is 12.8. The predicted octanol–water partition coefficient (Wildman–Crippen LogP) is 2.00. The molecule has 1 aromatic carbocycles. The van der Waals surface area contributed by atoms with Crippen molar-refractivity contribution in [3.05, 3.63) is 41.7 Å². The highest BCUT2D eigenvalue weighted by Gasteiger charge is 2.38. The third-order valence-electron chi connectivity index (χ3n) is 2.59. The SMILES string of the molecule is COc1ccc(-n2cc(C(N)=O)c(C(F)(F)F)n2)cc1. The number of hydrogen-bond donors (Lipinski definition) is 1. The van der Waals surface area contributed by atoms with Crippen LogP contribution in [0.15, 0.2) is 30.5 Å². The summed E-state index contributed by atoms with van der Waals surface area (Å²) in [5.41, 5.74) is 3.31. The summed E-state index contributed by atoms with van der Waals surface area (Å²) in [6.07, 6.45) is -3.80. The normalized spacial score (nSPS) is 11.4. The van der Waals surface area contributed by atoms with Crippen LogP contribution in [0.4, 0.5) is 13.2 Å². The first-order chi connectivity index (χ1) is 9.32. The predicted molar refractivity (Wildman–Crippen MR) is 63.6 cm³/mol. The van der Waals surface area contributed by atoms with Gasteiger partial charge in [-0.15, -0.1) is 0 Å². The van der Waals surface area contributed by atoms with Crippen molar-refractivity contribution in [2.75, 3.05) is 7.11 Å². The Kier molecular flexibility index (Phi) is 3.39. The number of benzene rings is 1. The van der Waals surface area contributed by atoms with Crippen molar-refractivity contribution in [2.24, 2.45) is 5.73 Å². The molecule has 2 rings (SSSR count). The Bertz CT molecular complexity index is 632. The molecule has 1 aromatic heterocycles. The minimum atomic E-state index is -4.75. The van der Waals surface area contributed by atoms with Crippen LogP contribution in [0.3, 0.4) is 0 Å². The van der Waals surface area contributed by atoms with Crippen LogP contribution in [0.2, 0.25) is 0 Å². The number of carbonyl (C=O) groups excluding carboxylic acids is 1. The number of halogens is 3. The van der Waals surface area contributed by atoms with E-state index < -0.39 is 23.3 Å². The lowest BCUT2D eigenvalue weighted by Crippen LogP contribution is -2.17. The van der Waals surface area contributed by atoms with E-state index in [1.165, 1.54) is 19.2 Å². The Morgan fingerprint density at radius 3 is 2.30 bits per heavy atom. The fourth-order valence-electron chi connectivity index (χ4n) is 1.63. The number of alkyl halides is 3. The van der Waals surface area contributed by atoms with Crippen molar-refractivity contribution in [1.29, 1.82) is 0 Å². The van der Waals surface area contributed by atoms with Gasteiger partial charge in [-0.2, -0.15) is 18.3 Å². The van der Waals surface area contributed by atoms with E-state index in [0.717, 1.165) is 10.9 Å². The highest BCUT2D eigenvalue weighted by atomic mass is 19.4. The lowest BCUT2D eigenvalue weighted by Gasteiger charge is -2.04. The van der Waals surface area contributed by atoms with Gasteiger partial charge in [-0.1, -0.05) is 0 Å². The highest BCUT2D eigenvalue weighted by molar-refractivity contribution is 5.94. The summed E-state index contributed by atoms with van der Waals surface area (Å²) in [5.74, 6) is -0.635. The standard InChI is InChI=1S/C12H10F3N3O2/c1-20-8-4-2-7(3-5-8)18-6-9(11(16)19)10(17-18)12(13,14)15/h2-6H,1H3,(H2,16,19). The largest absolute Gasteiger partial charge is 0.497 e. The minimum Gasteiger partial charge on any atom is -0.497 e. The Labute approximate surface area is 111 Å². The molecule has 20 heavy (non-hydrogen) atoms. The first-order valence-electron chi connectivity index (χ1n) is 5.44. The highest BCUT2D eigenvalue weighted by Crippen LogP contribution is 2.31. The zero-order chi connectivity index (χ0) is 14.9. The lowest BCUT2D eigenvalue weighted by atomic mass is 10.2. The summed E-state index contributed by atoms with van der Waals surface area (Å²) in [7, 11) is 1.47. The maximum atomic E-state index is 12.8. The quantitative estimate of drug-likeness (QED) is 0.937. The Morgan fingerprint density at radius 2 is 1.90 bits per heavy atom. The molecule has 0 atom stereocenters. The number of primary amides is 1. The lowest BCUT2D eigenvalue weighted by molar-refractivity contribution is -0.141. The first kappa shape index (κ1) is 13.9. The van der Waals surface area contributed by atoms with Crippen LogP contribution in [0, 0.1) is 0 Å². The topological polar surface area (TPSA) is 70.1 Å². The van der Waals surface area contributed by atoms with Gasteiger partial charge >= 0.3 is 6.18 Å². The number of nitrogens with zero attached hydrogens (tertiary/aromatic N) is 2.